The van der Waals surface area contributed by atoms with E-state index < -0.39 is 5.60 Å². The van der Waals surface area contributed by atoms with Gasteiger partial charge in [-0.05, 0) is 43.4 Å². The minimum absolute atomic E-state index is 0.231. The average molecular weight is 515 g/mol. The molecule has 0 radical (unpaired) electrons. The molecular formula is C36H34O3. The number of esters is 1. The van der Waals surface area contributed by atoms with Crippen molar-refractivity contribution in [2.75, 3.05) is 6.61 Å². The number of allylic oxidation sites excluding steroid dienone is 2. The van der Waals surface area contributed by atoms with Crippen molar-refractivity contribution in [3.05, 3.63) is 161 Å². The van der Waals surface area contributed by atoms with Crippen molar-refractivity contribution in [1.29, 1.82) is 0 Å². The summed E-state index contributed by atoms with van der Waals surface area (Å²) in [6, 6.07) is 41.4. The first-order chi connectivity index (χ1) is 19.1. The number of benzene rings is 4. The maximum Gasteiger partial charge on any atom is 0.337 e. The van der Waals surface area contributed by atoms with Crippen molar-refractivity contribution < 1.29 is 14.3 Å². The monoisotopic (exact) mass is 514 g/mol. The van der Waals surface area contributed by atoms with E-state index >= 15 is 0 Å². The third-order valence-corrected chi connectivity index (χ3v) is 7.41. The van der Waals surface area contributed by atoms with Crippen LogP contribution in [-0.4, -0.2) is 12.6 Å². The SMILES string of the molecule is CCOC(=O)C1=C(C)OC(c2ccccc2)(c2ccccc2)C1CCC=C(c1ccccc1)c1ccccc1. The summed E-state index contributed by atoms with van der Waals surface area (Å²) in [5.74, 6) is 0.0935. The highest BCUT2D eigenvalue weighted by atomic mass is 16.5. The molecule has 0 saturated heterocycles. The molecule has 0 saturated carbocycles. The van der Waals surface area contributed by atoms with Gasteiger partial charge in [-0.15, -0.1) is 0 Å². The molecule has 0 spiro atoms. The van der Waals surface area contributed by atoms with Crippen LogP contribution in [0.2, 0.25) is 0 Å². The van der Waals surface area contributed by atoms with Crippen LogP contribution in [0.5, 0.6) is 0 Å². The van der Waals surface area contributed by atoms with Crippen LogP contribution >= 0.6 is 0 Å². The molecule has 4 aromatic carbocycles. The lowest BCUT2D eigenvalue weighted by molar-refractivity contribution is -0.139. The van der Waals surface area contributed by atoms with Gasteiger partial charge in [-0.3, -0.25) is 0 Å². The minimum Gasteiger partial charge on any atom is -0.481 e. The van der Waals surface area contributed by atoms with Gasteiger partial charge in [0, 0.05) is 17.0 Å². The Bertz CT molecular complexity index is 1360. The molecule has 4 aromatic rings. The number of ether oxygens (including phenoxy) is 2. The smallest absolute Gasteiger partial charge is 0.337 e. The molecule has 3 heteroatoms. The van der Waals surface area contributed by atoms with Gasteiger partial charge in [0.1, 0.15) is 5.76 Å². The molecule has 1 aliphatic heterocycles. The number of rotatable bonds is 9. The van der Waals surface area contributed by atoms with Crippen molar-refractivity contribution in [2.45, 2.75) is 32.3 Å². The molecule has 196 valence electrons. The topological polar surface area (TPSA) is 35.5 Å². The summed E-state index contributed by atoms with van der Waals surface area (Å²) in [7, 11) is 0. The van der Waals surface area contributed by atoms with Gasteiger partial charge in [0.25, 0.3) is 0 Å². The Morgan fingerprint density at radius 3 is 1.69 bits per heavy atom. The summed E-state index contributed by atoms with van der Waals surface area (Å²) in [6.45, 7) is 4.05. The second kappa shape index (κ2) is 12.0. The lowest BCUT2D eigenvalue weighted by atomic mass is 9.72. The molecule has 1 atom stereocenters. The van der Waals surface area contributed by atoms with Gasteiger partial charge in [0.05, 0.1) is 12.2 Å². The third-order valence-electron chi connectivity index (χ3n) is 7.41. The maximum atomic E-state index is 13.4. The lowest BCUT2D eigenvalue weighted by Gasteiger charge is -2.37. The minimum atomic E-state index is -0.831. The molecule has 1 heterocycles. The van der Waals surface area contributed by atoms with Crippen molar-refractivity contribution in [1.82, 2.24) is 0 Å². The van der Waals surface area contributed by atoms with E-state index in [9.17, 15) is 4.79 Å². The quantitative estimate of drug-likeness (QED) is 0.211. The molecule has 1 unspecified atom stereocenters. The van der Waals surface area contributed by atoms with Crippen LogP contribution in [0.4, 0.5) is 0 Å². The van der Waals surface area contributed by atoms with Crippen LogP contribution in [0.25, 0.3) is 5.57 Å². The van der Waals surface area contributed by atoms with E-state index in [-0.39, 0.29) is 11.9 Å². The van der Waals surface area contributed by atoms with Gasteiger partial charge in [0.15, 0.2) is 5.60 Å². The van der Waals surface area contributed by atoms with Gasteiger partial charge < -0.3 is 9.47 Å². The molecule has 0 aromatic heterocycles. The van der Waals surface area contributed by atoms with Gasteiger partial charge in [-0.2, -0.15) is 0 Å². The fraction of sp³-hybridized carbons (Fsp3) is 0.194. The Kier molecular flexibility index (Phi) is 8.07. The predicted molar refractivity (Wildman–Crippen MR) is 157 cm³/mol. The van der Waals surface area contributed by atoms with Crippen LogP contribution < -0.4 is 0 Å². The summed E-state index contributed by atoms with van der Waals surface area (Å²) in [6.07, 6.45) is 3.75. The number of carbonyl (C=O) groups excluding carboxylic acids is 1. The number of hydrogen-bond donors (Lipinski definition) is 0. The molecule has 0 fully saturated rings. The van der Waals surface area contributed by atoms with E-state index in [0.29, 0.717) is 24.4 Å². The molecule has 3 nitrogen and oxygen atoms in total. The Hall–Kier alpha value is -4.37. The van der Waals surface area contributed by atoms with Gasteiger partial charge in [0.2, 0.25) is 0 Å². The standard InChI is InChI=1S/C36H34O3/c1-3-38-35(37)34-27(2)39-36(30-21-12-6-13-22-30,31-23-14-7-15-24-31)33(34)26-16-25-32(28-17-8-4-9-18-28)29-19-10-5-11-20-29/h4-15,17-25,33H,3,16,26H2,1-2H3. The fourth-order valence-electron chi connectivity index (χ4n) is 5.75. The lowest BCUT2D eigenvalue weighted by Crippen LogP contribution is -2.37. The van der Waals surface area contributed by atoms with E-state index in [1.807, 2.05) is 62.4 Å². The van der Waals surface area contributed by atoms with Gasteiger partial charge in [-0.25, -0.2) is 4.79 Å². The zero-order valence-corrected chi connectivity index (χ0v) is 22.5. The van der Waals surface area contributed by atoms with Gasteiger partial charge in [-0.1, -0.05) is 127 Å². The number of carbonyl (C=O) groups is 1. The molecule has 0 bridgehead atoms. The fourth-order valence-corrected chi connectivity index (χ4v) is 5.75. The van der Waals surface area contributed by atoms with Crippen molar-refractivity contribution in [2.24, 2.45) is 5.92 Å². The normalized spacial score (nSPS) is 15.9. The second-order valence-electron chi connectivity index (χ2n) is 9.74. The average Bonchev–Trinajstić information content (AvgIpc) is 3.30. The molecular weight excluding hydrogens is 480 g/mol. The highest BCUT2D eigenvalue weighted by molar-refractivity contribution is 5.91. The summed E-state index contributed by atoms with van der Waals surface area (Å²) in [5, 5.41) is 0. The molecule has 0 amide bonds. The van der Waals surface area contributed by atoms with E-state index in [1.165, 1.54) is 16.7 Å². The summed E-state index contributed by atoms with van der Waals surface area (Å²) in [5.41, 5.74) is 5.35. The first-order valence-corrected chi connectivity index (χ1v) is 13.6. The number of hydrogen-bond acceptors (Lipinski definition) is 3. The molecule has 39 heavy (non-hydrogen) atoms. The predicted octanol–water partition coefficient (Wildman–Crippen LogP) is 8.33. The molecule has 0 aliphatic carbocycles. The van der Waals surface area contributed by atoms with Crippen molar-refractivity contribution >= 4 is 11.5 Å². The largest absolute Gasteiger partial charge is 0.481 e. The van der Waals surface area contributed by atoms with Crippen LogP contribution in [0, 0.1) is 5.92 Å². The van der Waals surface area contributed by atoms with Crippen molar-refractivity contribution in [3.8, 4) is 0 Å². The zero-order chi connectivity index (χ0) is 27.1. The summed E-state index contributed by atoms with van der Waals surface area (Å²) in [4.78, 5) is 13.4. The van der Waals surface area contributed by atoms with E-state index in [2.05, 4.69) is 78.9 Å². The highest BCUT2D eigenvalue weighted by Crippen LogP contribution is 2.53. The maximum absolute atomic E-state index is 13.4. The van der Waals surface area contributed by atoms with E-state index in [1.54, 1.807) is 0 Å². The molecule has 5 rings (SSSR count). The second-order valence-corrected chi connectivity index (χ2v) is 9.74. The van der Waals surface area contributed by atoms with Crippen molar-refractivity contribution in [3.63, 3.8) is 0 Å². The Morgan fingerprint density at radius 1 is 0.769 bits per heavy atom. The Balaban J connectivity index is 1.60. The third kappa shape index (κ3) is 5.31. The summed E-state index contributed by atoms with van der Waals surface area (Å²) >= 11 is 0. The molecule has 1 aliphatic rings. The summed E-state index contributed by atoms with van der Waals surface area (Å²) < 4.78 is 12.4. The van der Waals surface area contributed by atoms with E-state index in [4.69, 9.17) is 9.47 Å². The van der Waals surface area contributed by atoms with Crippen LogP contribution in [0.3, 0.4) is 0 Å². The van der Waals surface area contributed by atoms with E-state index in [0.717, 1.165) is 17.5 Å². The Morgan fingerprint density at radius 2 is 1.23 bits per heavy atom. The Labute approximate surface area is 231 Å². The first-order valence-electron chi connectivity index (χ1n) is 13.6. The highest BCUT2D eigenvalue weighted by Gasteiger charge is 2.53. The first kappa shape index (κ1) is 26.2. The van der Waals surface area contributed by atoms with Crippen LogP contribution in [-0.2, 0) is 19.9 Å². The molecule has 0 N–H and O–H groups in total. The zero-order valence-electron chi connectivity index (χ0n) is 22.5. The van der Waals surface area contributed by atoms with Gasteiger partial charge >= 0.3 is 5.97 Å². The van der Waals surface area contributed by atoms with Crippen LogP contribution in [0.1, 0.15) is 48.9 Å². The van der Waals surface area contributed by atoms with Crippen LogP contribution in [0.15, 0.2) is 139 Å².